The van der Waals surface area contributed by atoms with E-state index in [0.29, 0.717) is 6.54 Å². The number of amides is 2. The molecule has 0 radical (unpaired) electrons. The van der Waals surface area contributed by atoms with Crippen LogP contribution in [0.25, 0.3) is 16.8 Å². The summed E-state index contributed by atoms with van der Waals surface area (Å²) in [7, 11) is 0. The molecule has 2 heterocycles. The van der Waals surface area contributed by atoms with E-state index in [2.05, 4.69) is 22.3 Å². The number of carbonyl (C=O) groups excluding carboxylic acids is 1. The standard InChI is InChI=1S/C22H19ClN4O2S/c1-12-19(20(27-22(29)25-12)15-7-8-18(28)16(23)9-15)21-26-17(11-30-21)14-5-3-13(4-6-14)10-24-2/h3-9,11,20,28H,2,10H2,1H3,(H2,25,27,29). The number of hydrogen-bond acceptors (Lipinski definition) is 5. The van der Waals surface area contributed by atoms with Gasteiger partial charge in [0.2, 0.25) is 0 Å². The number of phenolic OH excluding ortho intramolecular Hbond substituents is 1. The SMILES string of the molecule is C=NCc1ccc(-c2csc(C3=C(C)NC(=O)NC3c3ccc(O)c(Cl)c3)n2)cc1. The molecule has 6 nitrogen and oxygen atoms in total. The van der Waals surface area contributed by atoms with Crippen molar-refractivity contribution in [2.24, 2.45) is 4.99 Å². The van der Waals surface area contributed by atoms with E-state index in [1.807, 2.05) is 36.6 Å². The maximum atomic E-state index is 12.1. The number of allylic oxidation sites excluding steroid dienone is 1. The molecule has 4 rings (SSSR count). The van der Waals surface area contributed by atoms with Gasteiger partial charge in [-0.05, 0) is 36.9 Å². The maximum absolute atomic E-state index is 12.1. The molecule has 0 aliphatic carbocycles. The third kappa shape index (κ3) is 3.94. The highest BCUT2D eigenvalue weighted by Gasteiger charge is 2.30. The van der Waals surface area contributed by atoms with Crippen LogP contribution in [0.1, 0.15) is 29.1 Å². The summed E-state index contributed by atoms with van der Waals surface area (Å²) in [5, 5.41) is 18.5. The van der Waals surface area contributed by atoms with E-state index in [0.717, 1.165) is 38.7 Å². The lowest BCUT2D eigenvalue weighted by Crippen LogP contribution is -2.42. The van der Waals surface area contributed by atoms with Gasteiger partial charge in [0, 0.05) is 22.2 Å². The second kappa shape index (κ2) is 8.30. The van der Waals surface area contributed by atoms with Crippen molar-refractivity contribution < 1.29 is 9.90 Å². The number of hydrogen-bond donors (Lipinski definition) is 3. The number of benzene rings is 2. The summed E-state index contributed by atoms with van der Waals surface area (Å²) >= 11 is 7.61. The summed E-state index contributed by atoms with van der Waals surface area (Å²) in [5.74, 6) is -0.00503. The highest BCUT2D eigenvalue weighted by atomic mass is 35.5. The fourth-order valence-corrected chi connectivity index (χ4v) is 4.52. The highest BCUT2D eigenvalue weighted by Crippen LogP contribution is 2.39. The number of nitrogens with zero attached hydrogens (tertiary/aromatic N) is 2. The van der Waals surface area contributed by atoms with Gasteiger partial charge in [-0.25, -0.2) is 9.78 Å². The zero-order valence-electron chi connectivity index (χ0n) is 16.1. The molecule has 0 fully saturated rings. The Labute approximate surface area is 183 Å². The summed E-state index contributed by atoms with van der Waals surface area (Å²) in [5.41, 5.74) is 5.29. The molecular formula is C22H19ClN4O2S. The van der Waals surface area contributed by atoms with Gasteiger partial charge in [-0.3, -0.25) is 4.99 Å². The van der Waals surface area contributed by atoms with E-state index in [9.17, 15) is 9.90 Å². The normalized spacial score (nSPS) is 16.2. The lowest BCUT2D eigenvalue weighted by atomic mass is 9.96. The molecule has 152 valence electrons. The van der Waals surface area contributed by atoms with Gasteiger partial charge in [0.1, 0.15) is 10.8 Å². The van der Waals surface area contributed by atoms with Gasteiger partial charge in [-0.15, -0.1) is 11.3 Å². The van der Waals surface area contributed by atoms with Gasteiger partial charge in [-0.2, -0.15) is 0 Å². The number of carbonyl (C=O) groups is 1. The predicted octanol–water partition coefficient (Wildman–Crippen LogP) is 5.15. The molecule has 1 aromatic heterocycles. The van der Waals surface area contributed by atoms with Crippen LogP contribution in [-0.4, -0.2) is 22.8 Å². The third-order valence-electron chi connectivity index (χ3n) is 4.85. The minimum Gasteiger partial charge on any atom is -0.506 e. The lowest BCUT2D eigenvalue weighted by Gasteiger charge is -2.28. The van der Waals surface area contributed by atoms with Crippen LogP contribution in [0.5, 0.6) is 5.75 Å². The number of rotatable bonds is 5. The third-order valence-corrected chi connectivity index (χ3v) is 6.03. The topological polar surface area (TPSA) is 86.6 Å². The van der Waals surface area contributed by atoms with Crippen LogP contribution in [0.2, 0.25) is 5.02 Å². The Morgan fingerprint density at radius 3 is 2.73 bits per heavy atom. The van der Waals surface area contributed by atoms with Crippen molar-refractivity contribution in [3.05, 3.63) is 74.7 Å². The van der Waals surface area contributed by atoms with E-state index in [4.69, 9.17) is 16.6 Å². The Morgan fingerprint density at radius 1 is 1.27 bits per heavy atom. The minimum atomic E-state index is -0.433. The van der Waals surface area contributed by atoms with Crippen LogP contribution in [0, 0.1) is 0 Å². The highest BCUT2D eigenvalue weighted by molar-refractivity contribution is 7.11. The fourth-order valence-electron chi connectivity index (χ4n) is 3.37. The number of thiazole rings is 1. The van der Waals surface area contributed by atoms with Crippen LogP contribution < -0.4 is 10.6 Å². The second-order valence-electron chi connectivity index (χ2n) is 6.90. The summed E-state index contributed by atoms with van der Waals surface area (Å²) in [6.07, 6.45) is 0. The van der Waals surface area contributed by atoms with Crippen molar-refractivity contribution in [3.8, 4) is 17.0 Å². The Bertz CT molecular complexity index is 1150. The maximum Gasteiger partial charge on any atom is 0.319 e. The van der Waals surface area contributed by atoms with Crippen molar-refractivity contribution >= 4 is 41.3 Å². The number of aromatic hydroxyl groups is 1. The smallest absolute Gasteiger partial charge is 0.319 e. The Balaban J connectivity index is 1.71. The van der Waals surface area contributed by atoms with Gasteiger partial charge in [0.05, 0.1) is 23.3 Å². The van der Waals surface area contributed by atoms with E-state index >= 15 is 0 Å². The quantitative estimate of drug-likeness (QED) is 0.481. The zero-order chi connectivity index (χ0) is 21.3. The van der Waals surface area contributed by atoms with Gasteiger partial charge in [0.15, 0.2) is 0 Å². The average molecular weight is 439 g/mol. The first kappa shape index (κ1) is 20.1. The predicted molar refractivity (Wildman–Crippen MR) is 121 cm³/mol. The summed E-state index contributed by atoms with van der Waals surface area (Å²) in [4.78, 5) is 20.9. The van der Waals surface area contributed by atoms with Crippen molar-refractivity contribution in [1.29, 1.82) is 0 Å². The fraction of sp³-hybridized carbons (Fsp3) is 0.136. The van der Waals surface area contributed by atoms with Crippen LogP contribution in [0.3, 0.4) is 0 Å². The van der Waals surface area contributed by atoms with Gasteiger partial charge in [-0.1, -0.05) is 41.9 Å². The van der Waals surface area contributed by atoms with Crippen molar-refractivity contribution in [3.63, 3.8) is 0 Å². The Kier molecular flexibility index (Phi) is 5.57. The Hall–Kier alpha value is -3.16. The van der Waals surface area contributed by atoms with Gasteiger partial charge in [0.25, 0.3) is 0 Å². The first-order valence-electron chi connectivity index (χ1n) is 9.20. The first-order chi connectivity index (χ1) is 14.5. The van der Waals surface area contributed by atoms with E-state index < -0.39 is 6.04 Å². The molecule has 1 aliphatic heterocycles. The molecule has 0 saturated carbocycles. The molecule has 3 N–H and O–H groups in total. The minimum absolute atomic E-state index is 0.00503. The molecule has 30 heavy (non-hydrogen) atoms. The molecule has 1 aliphatic rings. The molecule has 0 saturated heterocycles. The van der Waals surface area contributed by atoms with Crippen LogP contribution in [0.4, 0.5) is 4.79 Å². The number of urea groups is 1. The summed E-state index contributed by atoms with van der Waals surface area (Å²) in [6.45, 7) is 5.95. The molecule has 1 unspecified atom stereocenters. The van der Waals surface area contributed by atoms with Gasteiger partial charge >= 0.3 is 6.03 Å². The largest absolute Gasteiger partial charge is 0.506 e. The summed E-state index contributed by atoms with van der Waals surface area (Å²) in [6, 6.07) is 12.2. The lowest BCUT2D eigenvalue weighted by molar-refractivity contribution is 0.240. The molecule has 1 atom stereocenters. The number of aliphatic imine (C=N–C) groups is 1. The first-order valence-corrected chi connectivity index (χ1v) is 10.5. The number of aromatic nitrogens is 1. The number of nitrogens with one attached hydrogen (secondary N) is 2. The monoisotopic (exact) mass is 438 g/mol. The van der Waals surface area contributed by atoms with Crippen LogP contribution >= 0.6 is 22.9 Å². The van der Waals surface area contributed by atoms with E-state index in [1.54, 1.807) is 12.1 Å². The number of phenols is 1. The Morgan fingerprint density at radius 2 is 2.03 bits per heavy atom. The zero-order valence-corrected chi connectivity index (χ0v) is 17.7. The van der Waals surface area contributed by atoms with Crippen molar-refractivity contribution in [2.45, 2.75) is 19.5 Å². The molecule has 8 heteroatoms. The van der Waals surface area contributed by atoms with Crippen molar-refractivity contribution in [2.75, 3.05) is 0 Å². The number of halogens is 1. The molecule has 2 aromatic carbocycles. The molecular weight excluding hydrogens is 420 g/mol. The van der Waals surface area contributed by atoms with Crippen LogP contribution in [-0.2, 0) is 6.54 Å². The van der Waals surface area contributed by atoms with Gasteiger partial charge < -0.3 is 15.7 Å². The second-order valence-corrected chi connectivity index (χ2v) is 8.16. The summed E-state index contributed by atoms with van der Waals surface area (Å²) < 4.78 is 0. The molecule has 3 aromatic rings. The van der Waals surface area contributed by atoms with Crippen molar-refractivity contribution in [1.82, 2.24) is 15.6 Å². The van der Waals surface area contributed by atoms with Crippen LogP contribution in [0.15, 0.2) is 58.5 Å². The molecule has 0 spiro atoms. The average Bonchev–Trinajstić information content (AvgIpc) is 3.20. The molecule has 0 bridgehead atoms. The van der Waals surface area contributed by atoms with E-state index in [-0.39, 0.29) is 16.8 Å². The van der Waals surface area contributed by atoms with E-state index in [1.165, 1.54) is 17.4 Å². The molecule has 2 amide bonds.